The van der Waals surface area contributed by atoms with Crippen LogP contribution in [0.4, 0.5) is 5.69 Å². The summed E-state index contributed by atoms with van der Waals surface area (Å²) in [6.07, 6.45) is 1.60. The molecule has 0 radical (unpaired) electrons. The van der Waals surface area contributed by atoms with Crippen LogP contribution in [0.5, 0.6) is 0 Å². The van der Waals surface area contributed by atoms with Crippen LogP contribution in [-0.4, -0.2) is 39.1 Å². The van der Waals surface area contributed by atoms with Crippen LogP contribution < -0.4 is 16.6 Å². The Bertz CT molecular complexity index is 1280. The smallest absolute Gasteiger partial charge is 0.316 e. The van der Waals surface area contributed by atoms with E-state index in [4.69, 9.17) is 0 Å². The van der Waals surface area contributed by atoms with E-state index in [1.54, 1.807) is 0 Å². The second-order valence-corrected chi connectivity index (χ2v) is 6.70. The molecule has 1 aliphatic heterocycles. The van der Waals surface area contributed by atoms with Crippen LogP contribution in [0.3, 0.4) is 0 Å². The number of carbonyl (C=O) groups is 3. The normalized spacial score (nSPS) is 12.7. The summed E-state index contributed by atoms with van der Waals surface area (Å²) in [5.41, 5.74) is -0.137. The van der Waals surface area contributed by atoms with E-state index < -0.39 is 29.0 Å². The van der Waals surface area contributed by atoms with Crippen LogP contribution in [0.2, 0.25) is 0 Å². The molecule has 2 aromatic carbocycles. The molecule has 3 amide bonds. The van der Waals surface area contributed by atoms with Gasteiger partial charge in [-0.05, 0) is 30.2 Å². The van der Waals surface area contributed by atoms with Gasteiger partial charge in [-0.25, -0.2) is 4.79 Å². The van der Waals surface area contributed by atoms with Gasteiger partial charge >= 0.3 is 5.69 Å². The fourth-order valence-electron chi connectivity index (χ4n) is 3.22. The van der Waals surface area contributed by atoms with Crippen molar-refractivity contribution in [2.75, 3.05) is 11.9 Å². The molecule has 0 atom stereocenters. The van der Waals surface area contributed by atoms with E-state index >= 15 is 0 Å². The van der Waals surface area contributed by atoms with Crippen LogP contribution in [-0.2, 0) is 6.42 Å². The Morgan fingerprint density at radius 1 is 0.933 bits per heavy atom. The summed E-state index contributed by atoms with van der Waals surface area (Å²) >= 11 is 0. The number of H-pyrrole nitrogens is 2. The summed E-state index contributed by atoms with van der Waals surface area (Å²) in [6.45, 7) is 0.227. The van der Waals surface area contributed by atoms with Gasteiger partial charge in [0.05, 0.1) is 11.1 Å². The van der Waals surface area contributed by atoms with Crippen LogP contribution in [0.1, 0.15) is 36.6 Å². The van der Waals surface area contributed by atoms with Crippen molar-refractivity contribution in [1.82, 2.24) is 14.9 Å². The maximum atomic E-state index is 12.7. The molecule has 1 aromatic heterocycles. The average molecular weight is 404 g/mol. The minimum absolute atomic E-state index is 0.102. The highest BCUT2D eigenvalue weighted by atomic mass is 16.2. The third kappa shape index (κ3) is 3.55. The van der Waals surface area contributed by atoms with Gasteiger partial charge in [0, 0.05) is 18.3 Å². The predicted octanol–water partition coefficient (Wildman–Crippen LogP) is 1.15. The third-order valence-corrected chi connectivity index (χ3v) is 4.77. The number of imide groups is 1. The number of hydrogen-bond donors (Lipinski definition) is 3. The van der Waals surface area contributed by atoms with E-state index in [9.17, 15) is 24.0 Å². The Kier molecular flexibility index (Phi) is 4.85. The molecule has 0 aliphatic carbocycles. The van der Waals surface area contributed by atoms with Gasteiger partial charge < -0.3 is 10.3 Å². The number of anilines is 1. The predicted molar refractivity (Wildman–Crippen MR) is 108 cm³/mol. The van der Waals surface area contributed by atoms with Gasteiger partial charge in [0.2, 0.25) is 0 Å². The minimum atomic E-state index is -0.758. The van der Waals surface area contributed by atoms with Crippen molar-refractivity contribution in [3.05, 3.63) is 97.8 Å². The summed E-state index contributed by atoms with van der Waals surface area (Å²) in [5.74, 6) is -1.53. The number of benzene rings is 2. The van der Waals surface area contributed by atoms with E-state index in [2.05, 4.69) is 10.3 Å². The Labute approximate surface area is 169 Å². The van der Waals surface area contributed by atoms with Gasteiger partial charge in [-0.1, -0.05) is 30.3 Å². The summed E-state index contributed by atoms with van der Waals surface area (Å²) in [4.78, 5) is 66.0. The highest BCUT2D eigenvalue weighted by molar-refractivity contribution is 6.22. The fraction of sp³-hybridized carbons (Fsp3) is 0.0952. The molecule has 30 heavy (non-hydrogen) atoms. The molecule has 0 bridgehead atoms. The van der Waals surface area contributed by atoms with Crippen molar-refractivity contribution in [2.24, 2.45) is 0 Å². The van der Waals surface area contributed by atoms with Gasteiger partial charge in [0.1, 0.15) is 5.69 Å². The zero-order valence-corrected chi connectivity index (χ0v) is 15.6. The topological polar surface area (TPSA) is 132 Å². The van der Waals surface area contributed by atoms with Gasteiger partial charge in [0.25, 0.3) is 23.3 Å². The van der Waals surface area contributed by atoms with Crippen LogP contribution in [0.15, 0.2) is 64.3 Å². The first-order valence-corrected chi connectivity index (χ1v) is 9.11. The molecule has 0 saturated carbocycles. The van der Waals surface area contributed by atoms with Gasteiger partial charge in [0.15, 0.2) is 0 Å². The first-order valence-electron chi connectivity index (χ1n) is 9.11. The first-order chi connectivity index (χ1) is 14.4. The lowest BCUT2D eigenvalue weighted by molar-refractivity contribution is 0.0656. The number of aromatic amines is 2. The molecular weight excluding hydrogens is 388 g/mol. The highest BCUT2D eigenvalue weighted by Gasteiger charge is 2.35. The van der Waals surface area contributed by atoms with Crippen molar-refractivity contribution in [3.63, 3.8) is 0 Å². The van der Waals surface area contributed by atoms with Crippen LogP contribution >= 0.6 is 0 Å². The molecule has 0 unspecified atom stereocenters. The quantitative estimate of drug-likeness (QED) is 0.549. The van der Waals surface area contributed by atoms with Crippen molar-refractivity contribution in [2.45, 2.75) is 6.42 Å². The second kappa shape index (κ2) is 7.63. The lowest BCUT2D eigenvalue weighted by Crippen LogP contribution is -2.31. The van der Waals surface area contributed by atoms with Crippen molar-refractivity contribution in [1.29, 1.82) is 0 Å². The van der Waals surface area contributed by atoms with E-state index in [1.165, 1.54) is 18.2 Å². The second-order valence-electron chi connectivity index (χ2n) is 6.70. The van der Waals surface area contributed by atoms with Crippen molar-refractivity contribution < 1.29 is 14.4 Å². The van der Waals surface area contributed by atoms with Crippen LogP contribution in [0, 0.1) is 0 Å². The summed E-state index contributed by atoms with van der Waals surface area (Å²) in [5, 5.41) is 2.37. The Morgan fingerprint density at radius 2 is 1.67 bits per heavy atom. The molecule has 1 aliphatic rings. The van der Waals surface area contributed by atoms with E-state index in [1.807, 2.05) is 35.3 Å². The number of rotatable bonds is 5. The maximum absolute atomic E-state index is 12.7. The third-order valence-electron chi connectivity index (χ3n) is 4.77. The van der Waals surface area contributed by atoms with E-state index in [0.717, 1.165) is 16.7 Å². The lowest BCUT2D eigenvalue weighted by Gasteiger charge is -2.13. The zero-order valence-electron chi connectivity index (χ0n) is 15.6. The lowest BCUT2D eigenvalue weighted by atomic mass is 10.1. The number of nitrogens with zero attached hydrogens (tertiary/aromatic N) is 1. The SMILES string of the molecule is O=C(Nc1c[nH]c(=O)[nH]c1=O)c1ccc2c(c1)C(=O)N(CCc1ccccc1)C2=O. The molecule has 0 fully saturated rings. The van der Waals surface area contributed by atoms with Crippen molar-refractivity contribution >= 4 is 23.4 Å². The summed E-state index contributed by atoms with van der Waals surface area (Å²) in [6, 6.07) is 13.6. The number of carbonyl (C=O) groups excluding carboxylic acids is 3. The molecular formula is C21H16N4O5. The highest BCUT2D eigenvalue weighted by Crippen LogP contribution is 2.24. The first kappa shape index (κ1) is 19.1. The standard InChI is InChI=1S/C21H16N4O5/c26-17(23-16-11-22-21(30)24-18(16)27)13-6-7-14-15(10-13)20(29)25(19(14)28)9-8-12-4-2-1-3-5-12/h1-7,10-11H,8-9H2,(H,23,26)(H2,22,24,27,30). The summed E-state index contributed by atoms with van der Waals surface area (Å²) < 4.78 is 0. The number of hydrogen-bond acceptors (Lipinski definition) is 5. The number of nitrogens with one attached hydrogen (secondary N) is 3. The molecule has 0 saturated heterocycles. The Morgan fingerprint density at radius 3 is 2.40 bits per heavy atom. The molecule has 150 valence electrons. The van der Waals surface area contributed by atoms with Gasteiger partial charge in [-0.3, -0.25) is 29.1 Å². The molecule has 9 nitrogen and oxygen atoms in total. The number of aromatic nitrogens is 2. The molecule has 0 spiro atoms. The molecule has 4 rings (SSSR count). The molecule has 2 heterocycles. The number of amides is 3. The zero-order chi connectivity index (χ0) is 21.3. The van der Waals surface area contributed by atoms with Gasteiger partial charge in [-0.15, -0.1) is 0 Å². The molecule has 9 heteroatoms. The molecule has 3 N–H and O–H groups in total. The molecule has 3 aromatic rings. The monoisotopic (exact) mass is 404 g/mol. The van der Waals surface area contributed by atoms with E-state index in [0.29, 0.717) is 6.42 Å². The Hall–Kier alpha value is -4.27. The van der Waals surface area contributed by atoms with Crippen LogP contribution in [0.25, 0.3) is 0 Å². The minimum Gasteiger partial charge on any atom is -0.316 e. The number of fused-ring (bicyclic) bond motifs is 1. The van der Waals surface area contributed by atoms with E-state index in [-0.39, 0.29) is 28.9 Å². The average Bonchev–Trinajstić information content (AvgIpc) is 2.98. The maximum Gasteiger partial charge on any atom is 0.325 e. The largest absolute Gasteiger partial charge is 0.325 e. The van der Waals surface area contributed by atoms with Gasteiger partial charge in [-0.2, -0.15) is 0 Å². The Balaban J connectivity index is 1.53. The van der Waals surface area contributed by atoms with Crippen molar-refractivity contribution in [3.8, 4) is 0 Å². The fourth-order valence-corrected chi connectivity index (χ4v) is 3.22. The summed E-state index contributed by atoms with van der Waals surface area (Å²) in [7, 11) is 0.